The Hall–Kier alpha value is -0.780. The first-order chi connectivity index (χ1) is 8.88. The van der Waals surface area contributed by atoms with Gasteiger partial charge in [-0.2, -0.15) is 0 Å². The van der Waals surface area contributed by atoms with E-state index in [0.717, 1.165) is 11.8 Å². The molecule has 0 aliphatic heterocycles. The molecule has 0 N–H and O–H groups in total. The average molecular weight is 244 g/mol. The topological polar surface area (TPSA) is 0 Å². The lowest BCUT2D eigenvalue weighted by molar-refractivity contribution is 0.368. The van der Waals surface area contributed by atoms with Crippen LogP contribution in [0.15, 0.2) is 30.3 Å². The van der Waals surface area contributed by atoms with Gasteiger partial charge in [-0.15, -0.1) is 0 Å². The van der Waals surface area contributed by atoms with Gasteiger partial charge in [0.05, 0.1) is 0 Å². The molecule has 1 aliphatic carbocycles. The zero-order chi connectivity index (χ0) is 12.6. The average Bonchev–Trinajstić information content (AvgIpc) is 2.52. The minimum Gasteiger partial charge on any atom is -0.0651 e. The summed E-state index contributed by atoms with van der Waals surface area (Å²) in [7, 11) is 0. The van der Waals surface area contributed by atoms with Crippen molar-refractivity contribution in [2.75, 3.05) is 0 Å². The van der Waals surface area contributed by atoms with Crippen LogP contribution in [0.4, 0.5) is 0 Å². The summed E-state index contributed by atoms with van der Waals surface area (Å²) >= 11 is 0. The highest BCUT2D eigenvalue weighted by Crippen LogP contribution is 2.29. The van der Waals surface area contributed by atoms with Gasteiger partial charge in [0.1, 0.15) is 0 Å². The zero-order valence-corrected chi connectivity index (χ0v) is 11.9. The minimum absolute atomic E-state index is 0.930. The van der Waals surface area contributed by atoms with E-state index in [9.17, 15) is 0 Å². The van der Waals surface area contributed by atoms with Crippen LogP contribution in [0.5, 0.6) is 0 Å². The van der Waals surface area contributed by atoms with E-state index in [-0.39, 0.29) is 0 Å². The molecule has 0 aromatic heterocycles. The predicted octanol–water partition coefficient (Wildman–Crippen LogP) is 5.62. The van der Waals surface area contributed by atoms with Crippen molar-refractivity contribution < 1.29 is 0 Å². The normalized spacial score (nSPS) is 26.1. The second-order valence-electron chi connectivity index (χ2n) is 6.05. The smallest absolute Gasteiger partial charge is 0.0250 e. The summed E-state index contributed by atoms with van der Waals surface area (Å²) < 4.78 is 0. The Kier molecular flexibility index (Phi) is 5.77. The van der Waals surface area contributed by atoms with Crippen LogP contribution in [0.2, 0.25) is 0 Å². The maximum absolute atomic E-state index is 2.37. The summed E-state index contributed by atoms with van der Waals surface area (Å²) in [6.45, 7) is 2.37. The lowest BCUT2D eigenvalue weighted by atomic mass is 9.87. The van der Waals surface area contributed by atoms with Crippen LogP contribution in [-0.4, -0.2) is 0 Å². The Morgan fingerprint density at radius 1 is 0.833 bits per heavy atom. The molecule has 0 heteroatoms. The van der Waals surface area contributed by atoms with Crippen molar-refractivity contribution in [2.24, 2.45) is 11.8 Å². The predicted molar refractivity (Wildman–Crippen MR) is 79.7 cm³/mol. The molecule has 2 atom stereocenters. The quantitative estimate of drug-likeness (QED) is 0.647. The molecule has 18 heavy (non-hydrogen) atoms. The van der Waals surface area contributed by atoms with Crippen molar-refractivity contribution in [3.05, 3.63) is 35.9 Å². The summed E-state index contributed by atoms with van der Waals surface area (Å²) in [6, 6.07) is 11.1. The van der Waals surface area contributed by atoms with Crippen LogP contribution in [0.1, 0.15) is 63.9 Å². The van der Waals surface area contributed by atoms with E-state index in [0.29, 0.717) is 0 Å². The number of hydrogen-bond donors (Lipinski definition) is 0. The molecule has 0 amide bonds. The van der Waals surface area contributed by atoms with Crippen LogP contribution < -0.4 is 0 Å². The van der Waals surface area contributed by atoms with Gasteiger partial charge in [0, 0.05) is 0 Å². The Morgan fingerprint density at radius 2 is 1.50 bits per heavy atom. The summed E-state index contributed by atoms with van der Waals surface area (Å²) in [5.74, 6) is 1.93. The molecule has 0 spiro atoms. The van der Waals surface area contributed by atoms with E-state index in [4.69, 9.17) is 0 Å². The fourth-order valence-corrected chi connectivity index (χ4v) is 3.36. The molecule has 1 fully saturated rings. The Morgan fingerprint density at radius 3 is 2.22 bits per heavy atom. The van der Waals surface area contributed by atoms with Crippen molar-refractivity contribution in [3.63, 3.8) is 0 Å². The number of benzene rings is 1. The molecule has 100 valence electrons. The molecular weight excluding hydrogens is 216 g/mol. The van der Waals surface area contributed by atoms with Crippen LogP contribution in [0, 0.1) is 11.8 Å². The first-order valence-corrected chi connectivity index (χ1v) is 7.92. The van der Waals surface area contributed by atoms with Gasteiger partial charge in [0.25, 0.3) is 0 Å². The summed E-state index contributed by atoms with van der Waals surface area (Å²) in [4.78, 5) is 0. The summed E-state index contributed by atoms with van der Waals surface area (Å²) in [5, 5.41) is 0. The second-order valence-corrected chi connectivity index (χ2v) is 6.05. The van der Waals surface area contributed by atoms with Crippen LogP contribution >= 0.6 is 0 Å². The Bertz CT molecular complexity index is 314. The van der Waals surface area contributed by atoms with Gasteiger partial charge in [-0.1, -0.05) is 82.2 Å². The zero-order valence-electron chi connectivity index (χ0n) is 11.9. The van der Waals surface area contributed by atoms with Gasteiger partial charge in [-0.3, -0.25) is 0 Å². The van der Waals surface area contributed by atoms with Crippen molar-refractivity contribution in [1.82, 2.24) is 0 Å². The molecular formula is C18H28. The van der Waals surface area contributed by atoms with Gasteiger partial charge < -0.3 is 0 Å². The highest BCUT2D eigenvalue weighted by atomic mass is 14.2. The van der Waals surface area contributed by atoms with E-state index in [2.05, 4.69) is 37.3 Å². The summed E-state index contributed by atoms with van der Waals surface area (Å²) in [5.41, 5.74) is 1.54. The van der Waals surface area contributed by atoms with E-state index in [1.165, 1.54) is 63.4 Å². The third-order valence-corrected chi connectivity index (χ3v) is 4.65. The Balaban J connectivity index is 1.89. The van der Waals surface area contributed by atoms with Gasteiger partial charge in [-0.25, -0.2) is 0 Å². The van der Waals surface area contributed by atoms with Crippen molar-refractivity contribution in [3.8, 4) is 0 Å². The van der Waals surface area contributed by atoms with E-state index in [1.54, 1.807) is 0 Å². The van der Waals surface area contributed by atoms with Crippen molar-refractivity contribution in [1.29, 1.82) is 0 Å². The molecule has 0 heterocycles. The molecule has 1 aromatic rings. The molecule has 2 rings (SSSR count). The molecule has 1 aliphatic rings. The number of rotatable bonds is 3. The Labute approximate surface area is 113 Å². The van der Waals surface area contributed by atoms with Gasteiger partial charge in [0.15, 0.2) is 0 Å². The second kappa shape index (κ2) is 7.61. The fourth-order valence-electron chi connectivity index (χ4n) is 3.36. The lowest BCUT2D eigenvalue weighted by Gasteiger charge is -2.18. The van der Waals surface area contributed by atoms with Crippen LogP contribution in [0.3, 0.4) is 0 Å². The standard InChI is InChI=1S/C18H28/c1-2-16-9-5-3-8-12-18(14-13-16)15-17-10-6-4-7-11-17/h4,6-7,10-11,16,18H,2-3,5,8-9,12-15H2,1H3. The van der Waals surface area contributed by atoms with E-state index < -0.39 is 0 Å². The maximum Gasteiger partial charge on any atom is -0.0250 e. The third kappa shape index (κ3) is 4.48. The molecule has 0 bridgehead atoms. The molecule has 0 nitrogen and oxygen atoms in total. The third-order valence-electron chi connectivity index (χ3n) is 4.65. The maximum atomic E-state index is 2.37. The van der Waals surface area contributed by atoms with E-state index in [1.807, 2.05) is 0 Å². The van der Waals surface area contributed by atoms with Gasteiger partial charge in [-0.05, 0) is 30.2 Å². The first kappa shape index (κ1) is 13.6. The number of hydrogen-bond acceptors (Lipinski definition) is 0. The SMILES string of the molecule is CCC1CCCCCC(Cc2ccccc2)CC1. The minimum atomic E-state index is 0.930. The molecule has 2 unspecified atom stereocenters. The first-order valence-electron chi connectivity index (χ1n) is 7.92. The largest absolute Gasteiger partial charge is 0.0651 e. The fraction of sp³-hybridized carbons (Fsp3) is 0.667. The molecule has 1 aromatic carbocycles. The van der Waals surface area contributed by atoms with Crippen molar-refractivity contribution >= 4 is 0 Å². The van der Waals surface area contributed by atoms with Gasteiger partial charge in [0.2, 0.25) is 0 Å². The molecule has 0 radical (unpaired) electrons. The van der Waals surface area contributed by atoms with Crippen molar-refractivity contribution in [2.45, 2.75) is 64.7 Å². The molecule has 0 saturated heterocycles. The highest BCUT2D eigenvalue weighted by molar-refractivity contribution is 5.15. The summed E-state index contributed by atoms with van der Waals surface area (Å²) in [6.07, 6.45) is 12.9. The monoisotopic (exact) mass is 244 g/mol. The molecule has 1 saturated carbocycles. The van der Waals surface area contributed by atoms with Crippen LogP contribution in [0.25, 0.3) is 0 Å². The van der Waals surface area contributed by atoms with Crippen LogP contribution in [-0.2, 0) is 6.42 Å². The van der Waals surface area contributed by atoms with E-state index >= 15 is 0 Å². The van der Waals surface area contributed by atoms with Gasteiger partial charge >= 0.3 is 0 Å². The highest BCUT2D eigenvalue weighted by Gasteiger charge is 2.15. The lowest BCUT2D eigenvalue weighted by Crippen LogP contribution is -2.07.